The van der Waals surface area contributed by atoms with Crippen molar-refractivity contribution in [2.75, 3.05) is 13.2 Å². The highest BCUT2D eigenvalue weighted by atomic mass is 32.1. The van der Waals surface area contributed by atoms with Crippen LogP contribution in [0.2, 0.25) is 0 Å². The fraction of sp³-hybridized carbons (Fsp3) is 0.857. The summed E-state index contributed by atoms with van der Waals surface area (Å²) in [6, 6.07) is 0. The number of aliphatic hydroxyl groups excluding tert-OH is 1. The van der Waals surface area contributed by atoms with Crippen LogP contribution in [0.15, 0.2) is 4.99 Å². The standard InChI is InChI=1S/C7H13NOS/c9-6-4-2-1-3-5-8-7-10/h9H,1-6H2. The summed E-state index contributed by atoms with van der Waals surface area (Å²) >= 11 is 4.40. The first kappa shape index (κ1) is 9.76. The molecular weight excluding hydrogens is 146 g/mol. The lowest BCUT2D eigenvalue weighted by Crippen LogP contribution is -1.85. The topological polar surface area (TPSA) is 32.6 Å². The van der Waals surface area contributed by atoms with E-state index < -0.39 is 0 Å². The number of aliphatic hydroxyl groups is 1. The van der Waals surface area contributed by atoms with Gasteiger partial charge in [-0.05, 0) is 25.1 Å². The highest BCUT2D eigenvalue weighted by Gasteiger charge is 1.86. The number of unbranched alkanes of at least 4 members (excludes halogenated alkanes) is 3. The minimum absolute atomic E-state index is 0.302. The molecule has 0 saturated carbocycles. The van der Waals surface area contributed by atoms with Gasteiger partial charge >= 0.3 is 0 Å². The molecule has 0 heterocycles. The molecule has 10 heavy (non-hydrogen) atoms. The molecule has 0 fully saturated rings. The van der Waals surface area contributed by atoms with E-state index in [4.69, 9.17) is 5.11 Å². The molecule has 0 aliphatic carbocycles. The van der Waals surface area contributed by atoms with Gasteiger partial charge in [-0.15, -0.1) is 0 Å². The first-order chi connectivity index (χ1) is 4.91. The molecule has 0 radical (unpaired) electrons. The molecule has 0 rings (SSSR count). The maximum atomic E-state index is 8.42. The van der Waals surface area contributed by atoms with E-state index in [0.717, 1.165) is 32.2 Å². The second-order valence-corrected chi connectivity index (χ2v) is 2.29. The number of isothiocyanates is 1. The van der Waals surface area contributed by atoms with E-state index in [-0.39, 0.29) is 0 Å². The van der Waals surface area contributed by atoms with E-state index in [1.165, 1.54) is 0 Å². The molecule has 0 aromatic carbocycles. The van der Waals surface area contributed by atoms with Gasteiger partial charge in [-0.25, -0.2) is 4.99 Å². The lowest BCUT2D eigenvalue weighted by atomic mass is 10.2. The molecule has 0 saturated heterocycles. The third-order valence-corrected chi connectivity index (χ3v) is 1.37. The van der Waals surface area contributed by atoms with Gasteiger partial charge in [0.25, 0.3) is 0 Å². The molecule has 3 heteroatoms. The molecule has 0 aliphatic heterocycles. The summed E-state index contributed by atoms with van der Waals surface area (Å²) in [5.41, 5.74) is 0. The summed E-state index contributed by atoms with van der Waals surface area (Å²) in [6.07, 6.45) is 4.18. The predicted octanol–water partition coefficient (Wildman–Crippen LogP) is 1.64. The van der Waals surface area contributed by atoms with E-state index >= 15 is 0 Å². The molecule has 2 nitrogen and oxygen atoms in total. The maximum absolute atomic E-state index is 8.42. The molecule has 0 bridgehead atoms. The van der Waals surface area contributed by atoms with Crippen molar-refractivity contribution in [1.29, 1.82) is 0 Å². The summed E-state index contributed by atoms with van der Waals surface area (Å²) in [5.74, 6) is 0. The molecule has 0 atom stereocenters. The van der Waals surface area contributed by atoms with Crippen molar-refractivity contribution >= 4 is 17.4 Å². The van der Waals surface area contributed by atoms with Crippen LogP contribution < -0.4 is 0 Å². The fourth-order valence-electron chi connectivity index (χ4n) is 0.702. The Balaban J connectivity index is 2.83. The minimum atomic E-state index is 0.302. The zero-order valence-electron chi connectivity index (χ0n) is 6.05. The number of hydrogen-bond acceptors (Lipinski definition) is 3. The van der Waals surface area contributed by atoms with Gasteiger partial charge < -0.3 is 5.11 Å². The SMILES string of the molecule is OCCCCCCN=C=S. The summed E-state index contributed by atoms with van der Waals surface area (Å²) in [7, 11) is 0. The Bertz CT molecular complexity index is 110. The highest BCUT2D eigenvalue weighted by Crippen LogP contribution is 1.98. The summed E-state index contributed by atoms with van der Waals surface area (Å²) in [4.78, 5) is 3.77. The van der Waals surface area contributed by atoms with E-state index in [0.29, 0.717) is 6.61 Å². The van der Waals surface area contributed by atoms with Crippen LogP contribution in [-0.4, -0.2) is 23.4 Å². The lowest BCUT2D eigenvalue weighted by molar-refractivity contribution is 0.282. The van der Waals surface area contributed by atoms with Gasteiger partial charge in [-0.1, -0.05) is 12.8 Å². The zero-order chi connectivity index (χ0) is 7.66. The smallest absolute Gasteiger partial charge is 0.0584 e. The monoisotopic (exact) mass is 159 g/mol. The molecule has 58 valence electrons. The van der Waals surface area contributed by atoms with Crippen LogP contribution in [-0.2, 0) is 0 Å². The van der Waals surface area contributed by atoms with Gasteiger partial charge in [0.15, 0.2) is 0 Å². The number of rotatable bonds is 6. The highest BCUT2D eigenvalue weighted by molar-refractivity contribution is 7.78. The number of nitrogens with zero attached hydrogens (tertiary/aromatic N) is 1. The van der Waals surface area contributed by atoms with Crippen molar-refractivity contribution in [3.05, 3.63) is 0 Å². The first-order valence-electron chi connectivity index (χ1n) is 3.56. The summed E-state index contributed by atoms with van der Waals surface area (Å²) < 4.78 is 0. The first-order valence-corrected chi connectivity index (χ1v) is 3.97. The van der Waals surface area contributed by atoms with Crippen LogP contribution in [0, 0.1) is 0 Å². The quantitative estimate of drug-likeness (QED) is 0.363. The van der Waals surface area contributed by atoms with Gasteiger partial charge in [-0.2, -0.15) is 0 Å². The number of aliphatic imine (C=N–C) groups is 1. The number of thiocarbonyl (C=S) groups is 1. The van der Waals surface area contributed by atoms with E-state index in [2.05, 4.69) is 22.4 Å². The molecular formula is C7H13NOS. The van der Waals surface area contributed by atoms with Crippen LogP contribution in [0.4, 0.5) is 0 Å². The third-order valence-electron chi connectivity index (χ3n) is 1.24. The van der Waals surface area contributed by atoms with Crippen LogP contribution in [0.25, 0.3) is 0 Å². The lowest BCUT2D eigenvalue weighted by Gasteiger charge is -1.93. The third kappa shape index (κ3) is 7.76. The van der Waals surface area contributed by atoms with E-state index in [1.807, 2.05) is 0 Å². The maximum Gasteiger partial charge on any atom is 0.0584 e. The van der Waals surface area contributed by atoms with Crippen molar-refractivity contribution in [2.24, 2.45) is 4.99 Å². The van der Waals surface area contributed by atoms with Crippen molar-refractivity contribution in [1.82, 2.24) is 0 Å². The molecule has 0 spiro atoms. The molecule has 0 aromatic heterocycles. The normalized spacial score (nSPS) is 8.90. The minimum Gasteiger partial charge on any atom is -0.396 e. The largest absolute Gasteiger partial charge is 0.396 e. The van der Waals surface area contributed by atoms with E-state index in [9.17, 15) is 0 Å². The summed E-state index contributed by atoms with van der Waals surface area (Å²) in [6.45, 7) is 1.09. The van der Waals surface area contributed by atoms with Crippen molar-refractivity contribution in [3.8, 4) is 0 Å². The van der Waals surface area contributed by atoms with Crippen LogP contribution in [0.1, 0.15) is 25.7 Å². The van der Waals surface area contributed by atoms with Crippen molar-refractivity contribution < 1.29 is 5.11 Å². The van der Waals surface area contributed by atoms with Gasteiger partial charge in [0.2, 0.25) is 0 Å². The van der Waals surface area contributed by atoms with Gasteiger partial charge in [0.1, 0.15) is 0 Å². The second-order valence-electron chi connectivity index (χ2n) is 2.11. The van der Waals surface area contributed by atoms with Crippen LogP contribution in [0.3, 0.4) is 0 Å². The second kappa shape index (κ2) is 8.76. The average Bonchev–Trinajstić information content (AvgIpc) is 1.97. The molecule has 0 aliphatic rings. The van der Waals surface area contributed by atoms with Crippen molar-refractivity contribution in [3.63, 3.8) is 0 Å². The zero-order valence-corrected chi connectivity index (χ0v) is 6.86. The Morgan fingerprint density at radius 1 is 1.20 bits per heavy atom. The van der Waals surface area contributed by atoms with Crippen LogP contribution in [0.5, 0.6) is 0 Å². The molecule has 1 N–H and O–H groups in total. The Hall–Kier alpha value is -0.240. The molecule has 0 unspecified atom stereocenters. The van der Waals surface area contributed by atoms with E-state index in [1.54, 1.807) is 0 Å². The number of hydrogen-bond donors (Lipinski definition) is 1. The molecule has 0 aromatic rings. The fourth-order valence-corrected chi connectivity index (χ4v) is 0.793. The Kier molecular flexibility index (Phi) is 8.55. The molecule has 0 amide bonds. The van der Waals surface area contributed by atoms with Gasteiger partial charge in [0.05, 0.1) is 5.16 Å². The Morgan fingerprint density at radius 2 is 1.90 bits per heavy atom. The van der Waals surface area contributed by atoms with Crippen LogP contribution >= 0.6 is 12.2 Å². The average molecular weight is 159 g/mol. The van der Waals surface area contributed by atoms with Crippen molar-refractivity contribution in [2.45, 2.75) is 25.7 Å². The summed E-state index contributed by atoms with van der Waals surface area (Å²) in [5, 5.41) is 10.7. The van der Waals surface area contributed by atoms with Gasteiger partial charge in [0, 0.05) is 13.2 Å². The van der Waals surface area contributed by atoms with Gasteiger partial charge in [-0.3, -0.25) is 0 Å². The Labute approximate surface area is 67.0 Å². The predicted molar refractivity (Wildman–Crippen MR) is 45.4 cm³/mol. The Morgan fingerprint density at radius 3 is 2.50 bits per heavy atom.